The molecular weight excluding hydrogens is 545 g/mol. The molecule has 1 saturated heterocycles. The van der Waals surface area contributed by atoms with E-state index in [1.807, 2.05) is 7.05 Å². The van der Waals surface area contributed by atoms with Crippen molar-refractivity contribution >= 4 is 40.7 Å². The Bertz CT molecular complexity index is 1440. The number of halogens is 2. The van der Waals surface area contributed by atoms with E-state index in [1.165, 1.54) is 6.07 Å². The molecule has 0 radical (unpaired) electrons. The summed E-state index contributed by atoms with van der Waals surface area (Å²) in [5, 5.41) is 11.0. The summed E-state index contributed by atoms with van der Waals surface area (Å²) in [5.74, 6) is -0.146. The summed E-state index contributed by atoms with van der Waals surface area (Å²) in [5.41, 5.74) is 2.91. The lowest BCUT2D eigenvalue weighted by Crippen LogP contribution is -2.52. The van der Waals surface area contributed by atoms with Crippen molar-refractivity contribution in [1.82, 2.24) is 24.9 Å². The van der Waals surface area contributed by atoms with Gasteiger partial charge in [0.2, 0.25) is 0 Å². The number of aryl methyl sites for hydroxylation is 1. The van der Waals surface area contributed by atoms with Crippen LogP contribution in [0.1, 0.15) is 48.7 Å². The number of rotatable bonds is 5. The fraction of sp³-hybridized carbons (Fsp3) is 0.433. The third-order valence-electron chi connectivity index (χ3n) is 7.66. The van der Waals surface area contributed by atoms with E-state index in [4.69, 9.17) is 11.6 Å². The monoisotopic (exact) mass is 581 g/mol. The second-order valence-electron chi connectivity index (χ2n) is 11.9. The van der Waals surface area contributed by atoms with Gasteiger partial charge in [0.15, 0.2) is 0 Å². The highest BCUT2D eigenvalue weighted by molar-refractivity contribution is 6.31. The van der Waals surface area contributed by atoms with Gasteiger partial charge < -0.3 is 20.4 Å². The molecular formula is C30H37ClFN7O2. The van der Waals surface area contributed by atoms with Crippen molar-refractivity contribution in [3.05, 3.63) is 70.1 Å². The predicted molar refractivity (Wildman–Crippen MR) is 159 cm³/mol. The zero-order valence-corrected chi connectivity index (χ0v) is 24.8. The lowest BCUT2D eigenvalue weighted by atomic mass is 9.92. The molecule has 41 heavy (non-hydrogen) atoms. The van der Waals surface area contributed by atoms with E-state index < -0.39 is 5.82 Å². The number of carbonyl (C=O) groups excluding carboxylic acids is 2. The van der Waals surface area contributed by atoms with E-state index in [0.29, 0.717) is 35.1 Å². The van der Waals surface area contributed by atoms with Crippen molar-refractivity contribution in [3.63, 3.8) is 0 Å². The van der Waals surface area contributed by atoms with Crippen molar-refractivity contribution in [2.24, 2.45) is 12.5 Å². The summed E-state index contributed by atoms with van der Waals surface area (Å²) in [7, 11) is 1.81. The van der Waals surface area contributed by atoms with Gasteiger partial charge in [-0.25, -0.2) is 9.18 Å². The maximum atomic E-state index is 15.2. The molecule has 3 heterocycles. The minimum absolute atomic E-state index is 0.0391. The number of nitrogens with zero attached hydrogens (tertiary/aromatic N) is 5. The normalized spacial score (nSPS) is 15.6. The predicted octanol–water partition coefficient (Wildman–Crippen LogP) is 5.38. The number of piperazine rings is 1. The highest BCUT2D eigenvalue weighted by Gasteiger charge is 2.28. The van der Waals surface area contributed by atoms with Gasteiger partial charge in [-0.05, 0) is 48.7 Å². The Morgan fingerprint density at radius 2 is 1.85 bits per heavy atom. The molecule has 3 aromatic rings. The van der Waals surface area contributed by atoms with E-state index in [1.54, 1.807) is 51.0 Å². The van der Waals surface area contributed by atoms with Crippen molar-refractivity contribution in [2.45, 2.75) is 40.3 Å². The zero-order chi connectivity index (χ0) is 29.3. The van der Waals surface area contributed by atoms with Crippen LogP contribution in [0.3, 0.4) is 0 Å². The van der Waals surface area contributed by atoms with Gasteiger partial charge in [0, 0.05) is 61.5 Å². The first-order valence-corrected chi connectivity index (χ1v) is 14.3. The average molecular weight is 582 g/mol. The van der Waals surface area contributed by atoms with Crippen LogP contribution in [0.5, 0.6) is 0 Å². The molecule has 2 aliphatic heterocycles. The van der Waals surface area contributed by atoms with E-state index in [-0.39, 0.29) is 36.0 Å². The summed E-state index contributed by atoms with van der Waals surface area (Å²) >= 11 is 6.24. The molecule has 0 spiro atoms. The largest absolute Gasteiger partial charge is 0.338 e. The molecule has 1 fully saturated rings. The fourth-order valence-electron chi connectivity index (χ4n) is 5.10. The summed E-state index contributed by atoms with van der Waals surface area (Å²) in [6.07, 6.45) is 2.81. The third kappa shape index (κ3) is 6.65. The second-order valence-corrected chi connectivity index (χ2v) is 12.4. The summed E-state index contributed by atoms with van der Waals surface area (Å²) in [6.45, 7) is 11.0. The van der Waals surface area contributed by atoms with E-state index in [2.05, 4.69) is 41.4 Å². The molecule has 0 bridgehead atoms. The third-order valence-corrected chi connectivity index (χ3v) is 7.89. The van der Waals surface area contributed by atoms with Crippen LogP contribution in [0.2, 0.25) is 5.02 Å². The Morgan fingerprint density at radius 1 is 1.10 bits per heavy atom. The number of carbonyl (C=O) groups is 2. The van der Waals surface area contributed by atoms with Gasteiger partial charge in [0.05, 0.1) is 24.1 Å². The number of amides is 3. The number of nitrogens with one attached hydrogen (secondary N) is 2. The first-order valence-electron chi connectivity index (χ1n) is 13.9. The molecule has 2 N–H and O–H groups in total. The van der Waals surface area contributed by atoms with Crippen LogP contribution >= 0.6 is 11.6 Å². The number of benzene rings is 2. The molecule has 0 unspecified atom stereocenters. The highest BCUT2D eigenvalue weighted by atomic mass is 35.5. The molecule has 5 rings (SSSR count). The van der Waals surface area contributed by atoms with Crippen molar-refractivity contribution < 1.29 is 14.0 Å². The Balaban J connectivity index is 1.23. The lowest BCUT2D eigenvalue weighted by Gasteiger charge is -2.35. The van der Waals surface area contributed by atoms with Crippen LogP contribution in [-0.2, 0) is 20.1 Å². The molecule has 2 aliphatic rings. The van der Waals surface area contributed by atoms with Gasteiger partial charge in [-0.2, -0.15) is 5.10 Å². The first kappa shape index (κ1) is 28.9. The van der Waals surface area contributed by atoms with Crippen LogP contribution in [0.15, 0.2) is 42.6 Å². The Labute approximate surface area is 245 Å². The van der Waals surface area contributed by atoms with Gasteiger partial charge in [-0.1, -0.05) is 38.4 Å². The molecule has 0 aliphatic carbocycles. The molecule has 11 heteroatoms. The number of aromatic nitrogens is 2. The van der Waals surface area contributed by atoms with Crippen LogP contribution in [0.25, 0.3) is 0 Å². The lowest BCUT2D eigenvalue weighted by molar-refractivity contribution is 0.0985. The molecule has 1 aromatic heterocycles. The fourth-order valence-corrected chi connectivity index (χ4v) is 5.27. The van der Waals surface area contributed by atoms with Gasteiger partial charge in [-0.15, -0.1) is 0 Å². The standard InChI is InChI=1S/C30H37ClFN7O2/c1-30(2,3)9-10-37-11-13-38(14-12-37)29(41)33-17-21-6-5-20(15-24(21)32)28(40)39-19-22-18-34-36(4)27(22)35-25-16-23(31)7-8-26(25)39/h5-8,15-16,18,35H,9-14,17,19H2,1-4H3,(H,33,41). The second kappa shape index (κ2) is 11.7. The van der Waals surface area contributed by atoms with Gasteiger partial charge in [0.1, 0.15) is 11.6 Å². The molecule has 2 aromatic carbocycles. The quantitative estimate of drug-likeness (QED) is 0.423. The smallest absolute Gasteiger partial charge is 0.317 e. The average Bonchev–Trinajstić information content (AvgIpc) is 3.18. The van der Waals surface area contributed by atoms with Crippen molar-refractivity contribution in [2.75, 3.05) is 42.9 Å². The number of hydrogen-bond acceptors (Lipinski definition) is 5. The Morgan fingerprint density at radius 3 is 2.56 bits per heavy atom. The van der Waals surface area contributed by atoms with Crippen LogP contribution in [0, 0.1) is 11.2 Å². The first-order chi connectivity index (χ1) is 19.5. The molecule has 0 atom stereocenters. The Kier molecular flexibility index (Phi) is 8.24. The molecule has 3 amide bonds. The summed E-state index contributed by atoms with van der Waals surface area (Å²) in [4.78, 5) is 32.2. The van der Waals surface area contributed by atoms with Crippen molar-refractivity contribution in [3.8, 4) is 0 Å². The number of anilines is 3. The van der Waals surface area contributed by atoms with Gasteiger partial charge >= 0.3 is 6.03 Å². The SMILES string of the molecule is Cn1ncc2c1Nc1cc(Cl)ccc1N(C(=O)c1ccc(CNC(=O)N3CCN(CCC(C)(C)C)CC3)c(F)c1)C2. The topological polar surface area (TPSA) is 85.7 Å². The Hall–Kier alpha value is -3.63. The molecule has 9 nitrogen and oxygen atoms in total. The van der Waals surface area contributed by atoms with Gasteiger partial charge in [-0.3, -0.25) is 14.4 Å². The van der Waals surface area contributed by atoms with Crippen LogP contribution < -0.4 is 15.5 Å². The minimum atomic E-state index is -0.547. The molecule has 0 saturated carbocycles. The van der Waals surface area contributed by atoms with Crippen LogP contribution in [-0.4, -0.2) is 64.2 Å². The summed E-state index contributed by atoms with van der Waals surface area (Å²) < 4.78 is 16.9. The van der Waals surface area contributed by atoms with Crippen molar-refractivity contribution in [1.29, 1.82) is 0 Å². The number of fused-ring (bicyclic) bond motifs is 2. The zero-order valence-electron chi connectivity index (χ0n) is 24.0. The van der Waals surface area contributed by atoms with Crippen LogP contribution in [0.4, 0.5) is 26.4 Å². The van der Waals surface area contributed by atoms with E-state index in [0.717, 1.165) is 37.4 Å². The number of hydrogen-bond donors (Lipinski definition) is 2. The minimum Gasteiger partial charge on any atom is -0.338 e. The number of urea groups is 1. The van der Waals surface area contributed by atoms with Gasteiger partial charge in [0.25, 0.3) is 5.91 Å². The highest BCUT2D eigenvalue weighted by Crippen LogP contribution is 2.38. The van der Waals surface area contributed by atoms with E-state index >= 15 is 4.39 Å². The molecule has 218 valence electrons. The maximum absolute atomic E-state index is 15.2. The maximum Gasteiger partial charge on any atom is 0.317 e. The summed E-state index contributed by atoms with van der Waals surface area (Å²) in [6, 6.07) is 9.41. The van der Waals surface area contributed by atoms with E-state index in [9.17, 15) is 9.59 Å².